The second-order valence-electron chi connectivity index (χ2n) is 4.24. The van der Waals surface area contributed by atoms with Crippen LogP contribution in [-0.4, -0.2) is 18.0 Å². The first-order valence-electron chi connectivity index (χ1n) is 5.63. The Labute approximate surface area is 85.3 Å². The number of ether oxygens (including phenoxy) is 1. The lowest BCUT2D eigenvalue weighted by Crippen LogP contribution is -2.23. The Hall–Kier alpha value is -0.630. The first-order valence-corrected chi connectivity index (χ1v) is 5.63. The smallest absolute Gasteiger partial charge is 0.143 e. The van der Waals surface area contributed by atoms with Gasteiger partial charge in [-0.3, -0.25) is 4.79 Å². The molecule has 78 valence electrons. The van der Waals surface area contributed by atoms with Crippen molar-refractivity contribution in [3.63, 3.8) is 0 Å². The third-order valence-electron chi connectivity index (χ3n) is 3.35. The highest BCUT2D eigenvalue weighted by Crippen LogP contribution is 2.44. The maximum absolute atomic E-state index is 11.4. The molecule has 14 heavy (non-hydrogen) atoms. The Bertz CT molecular complexity index is 253. The number of hydrogen-bond acceptors (Lipinski definition) is 2. The van der Waals surface area contributed by atoms with Gasteiger partial charge in [0, 0.05) is 5.92 Å². The molecular weight excluding hydrogens is 176 g/mol. The van der Waals surface area contributed by atoms with Gasteiger partial charge in [-0.15, -0.1) is 0 Å². The summed E-state index contributed by atoms with van der Waals surface area (Å²) in [7, 11) is 0. The molecule has 0 aromatic carbocycles. The van der Waals surface area contributed by atoms with E-state index in [9.17, 15) is 4.79 Å². The van der Waals surface area contributed by atoms with Gasteiger partial charge in [-0.2, -0.15) is 0 Å². The second-order valence-corrected chi connectivity index (χ2v) is 4.24. The van der Waals surface area contributed by atoms with E-state index in [1.165, 1.54) is 0 Å². The van der Waals surface area contributed by atoms with E-state index in [1.54, 1.807) is 0 Å². The Balaban J connectivity index is 1.94. The maximum atomic E-state index is 11.4. The van der Waals surface area contributed by atoms with Gasteiger partial charge in [0.2, 0.25) is 0 Å². The molecule has 0 aromatic rings. The van der Waals surface area contributed by atoms with E-state index in [2.05, 4.69) is 26.0 Å². The largest absolute Gasteiger partial charge is 0.370 e. The van der Waals surface area contributed by atoms with Gasteiger partial charge in [-0.25, -0.2) is 0 Å². The van der Waals surface area contributed by atoms with Crippen LogP contribution in [0.15, 0.2) is 12.2 Å². The molecule has 2 aliphatic carbocycles. The number of allylic oxidation sites excluding steroid dienone is 1. The van der Waals surface area contributed by atoms with Crippen LogP contribution in [0.4, 0.5) is 0 Å². The van der Waals surface area contributed by atoms with Gasteiger partial charge in [0.15, 0.2) is 0 Å². The standard InChI is InChI=1S/C12H18O2/c1-3-8(4-2)14-10-7-5-6-9-11(10)12(9)13/h5,7-11H,3-4,6H2,1-2H3/t9-,10+,11-/m0/s1. The van der Waals surface area contributed by atoms with Crippen molar-refractivity contribution in [1.82, 2.24) is 0 Å². The predicted molar refractivity (Wildman–Crippen MR) is 55.0 cm³/mol. The number of Topliss-reactive ketones (excluding diaryl/α,β-unsaturated/α-hetero) is 1. The van der Waals surface area contributed by atoms with Gasteiger partial charge >= 0.3 is 0 Å². The molecule has 0 bridgehead atoms. The summed E-state index contributed by atoms with van der Waals surface area (Å²) in [6.07, 6.45) is 7.57. The van der Waals surface area contributed by atoms with E-state index in [0.717, 1.165) is 19.3 Å². The van der Waals surface area contributed by atoms with Crippen LogP contribution in [0.5, 0.6) is 0 Å². The number of carbonyl (C=O) groups is 1. The van der Waals surface area contributed by atoms with Crippen molar-refractivity contribution in [3.05, 3.63) is 12.2 Å². The minimum absolute atomic E-state index is 0.0751. The van der Waals surface area contributed by atoms with Crippen LogP contribution in [0.3, 0.4) is 0 Å². The molecule has 0 amide bonds. The maximum Gasteiger partial charge on any atom is 0.143 e. The molecule has 1 fully saturated rings. The molecule has 2 aliphatic rings. The van der Waals surface area contributed by atoms with Gasteiger partial charge in [-0.05, 0) is 19.3 Å². The molecule has 0 saturated heterocycles. The van der Waals surface area contributed by atoms with E-state index in [1.807, 2.05) is 0 Å². The van der Waals surface area contributed by atoms with Crippen molar-refractivity contribution >= 4 is 5.78 Å². The third-order valence-corrected chi connectivity index (χ3v) is 3.35. The average molecular weight is 194 g/mol. The van der Waals surface area contributed by atoms with Gasteiger partial charge in [0.25, 0.3) is 0 Å². The molecule has 0 radical (unpaired) electrons. The third kappa shape index (κ3) is 1.63. The fraction of sp³-hybridized carbons (Fsp3) is 0.750. The van der Waals surface area contributed by atoms with Gasteiger partial charge < -0.3 is 4.74 Å². The zero-order chi connectivity index (χ0) is 10.1. The predicted octanol–water partition coefficient (Wildman–Crippen LogP) is 2.34. The van der Waals surface area contributed by atoms with Gasteiger partial charge in [0.1, 0.15) is 5.78 Å². The average Bonchev–Trinajstić information content (AvgIpc) is 2.88. The molecule has 0 unspecified atom stereocenters. The summed E-state index contributed by atoms with van der Waals surface area (Å²) in [6, 6.07) is 0. The summed E-state index contributed by atoms with van der Waals surface area (Å²) in [6.45, 7) is 4.26. The summed E-state index contributed by atoms with van der Waals surface area (Å²) in [5.74, 6) is 0.894. The first kappa shape index (κ1) is 9.91. The number of hydrogen-bond donors (Lipinski definition) is 0. The zero-order valence-electron chi connectivity index (χ0n) is 8.90. The number of carbonyl (C=O) groups excluding carboxylic acids is 1. The van der Waals surface area contributed by atoms with Crippen LogP contribution in [0.1, 0.15) is 33.1 Å². The van der Waals surface area contributed by atoms with Crippen molar-refractivity contribution in [2.75, 3.05) is 0 Å². The molecule has 0 heterocycles. The molecule has 2 nitrogen and oxygen atoms in total. The van der Waals surface area contributed by atoms with Crippen LogP contribution in [0, 0.1) is 11.8 Å². The zero-order valence-corrected chi connectivity index (χ0v) is 8.90. The summed E-state index contributed by atoms with van der Waals surface area (Å²) in [5.41, 5.74) is 0. The summed E-state index contributed by atoms with van der Waals surface area (Å²) in [5, 5.41) is 0. The van der Waals surface area contributed by atoms with Crippen LogP contribution >= 0.6 is 0 Å². The highest BCUT2D eigenvalue weighted by molar-refractivity contribution is 6.00. The Morgan fingerprint density at radius 1 is 1.50 bits per heavy atom. The Morgan fingerprint density at radius 3 is 2.86 bits per heavy atom. The lowest BCUT2D eigenvalue weighted by atomic mass is 10.0. The van der Waals surface area contributed by atoms with Crippen molar-refractivity contribution in [2.24, 2.45) is 11.8 Å². The minimum atomic E-state index is 0.0751. The summed E-state index contributed by atoms with van der Waals surface area (Å²) < 4.78 is 5.91. The molecule has 2 rings (SSSR count). The molecule has 0 N–H and O–H groups in total. The van der Waals surface area contributed by atoms with Crippen molar-refractivity contribution in [3.8, 4) is 0 Å². The lowest BCUT2D eigenvalue weighted by Gasteiger charge is -2.22. The van der Waals surface area contributed by atoms with Crippen LogP contribution in [0.25, 0.3) is 0 Å². The molecule has 1 saturated carbocycles. The van der Waals surface area contributed by atoms with E-state index in [4.69, 9.17) is 4.74 Å². The van der Waals surface area contributed by atoms with Crippen LogP contribution in [0.2, 0.25) is 0 Å². The van der Waals surface area contributed by atoms with Crippen LogP contribution in [-0.2, 0) is 9.53 Å². The molecular formula is C12H18O2. The van der Waals surface area contributed by atoms with Gasteiger partial charge in [0.05, 0.1) is 18.1 Å². The number of rotatable bonds is 4. The van der Waals surface area contributed by atoms with E-state index < -0.39 is 0 Å². The number of ketones is 1. The Kier molecular flexibility index (Phi) is 2.73. The lowest BCUT2D eigenvalue weighted by molar-refractivity contribution is -0.113. The summed E-state index contributed by atoms with van der Waals surface area (Å²) in [4.78, 5) is 11.4. The topological polar surface area (TPSA) is 26.3 Å². The summed E-state index contributed by atoms with van der Waals surface area (Å²) >= 11 is 0. The highest BCUT2D eigenvalue weighted by atomic mass is 16.5. The SMILES string of the molecule is CCC(CC)O[C@@H]1C=CC[C@@H]2C(=O)[C@@H]21. The highest BCUT2D eigenvalue weighted by Gasteiger charge is 2.54. The van der Waals surface area contributed by atoms with E-state index in [0.29, 0.717) is 17.8 Å². The van der Waals surface area contributed by atoms with Crippen LogP contribution < -0.4 is 0 Å². The van der Waals surface area contributed by atoms with E-state index >= 15 is 0 Å². The quantitative estimate of drug-likeness (QED) is 0.642. The van der Waals surface area contributed by atoms with E-state index in [-0.39, 0.29) is 12.0 Å². The molecule has 0 spiro atoms. The van der Waals surface area contributed by atoms with Crippen molar-refractivity contribution in [2.45, 2.75) is 45.3 Å². The Morgan fingerprint density at radius 2 is 2.21 bits per heavy atom. The fourth-order valence-electron chi connectivity index (χ4n) is 2.28. The van der Waals surface area contributed by atoms with Gasteiger partial charge in [-0.1, -0.05) is 26.0 Å². The molecule has 0 aliphatic heterocycles. The number of fused-ring (bicyclic) bond motifs is 1. The van der Waals surface area contributed by atoms with Crippen molar-refractivity contribution < 1.29 is 9.53 Å². The molecule has 3 atom stereocenters. The monoisotopic (exact) mass is 194 g/mol. The normalized spacial score (nSPS) is 34.8. The van der Waals surface area contributed by atoms with Crippen molar-refractivity contribution in [1.29, 1.82) is 0 Å². The second kappa shape index (κ2) is 3.85. The molecule has 0 aromatic heterocycles. The minimum Gasteiger partial charge on any atom is -0.370 e. The molecule has 2 heteroatoms. The fourth-order valence-corrected chi connectivity index (χ4v) is 2.28. The first-order chi connectivity index (χ1) is 6.77.